The molecule has 0 amide bonds. The van der Waals surface area contributed by atoms with Gasteiger partial charge in [0.25, 0.3) is 0 Å². The first-order valence-corrected chi connectivity index (χ1v) is 4.45. The van der Waals surface area contributed by atoms with Crippen molar-refractivity contribution in [2.24, 2.45) is 0 Å². The first kappa shape index (κ1) is 9.17. The van der Waals surface area contributed by atoms with E-state index in [2.05, 4.69) is 10.6 Å². The van der Waals surface area contributed by atoms with Gasteiger partial charge in [-0.2, -0.15) is 0 Å². The standard InChI is InChI=1S/C8H11N3O3/c12-11(13)8-2-1-7(14-8)6-5-9-3-4-10-6/h1-2,6,9-10H,3-5H2/t6-/m0/s1. The monoisotopic (exact) mass is 197 g/mol. The molecule has 6 heteroatoms. The van der Waals surface area contributed by atoms with Gasteiger partial charge in [0.2, 0.25) is 0 Å². The fourth-order valence-corrected chi connectivity index (χ4v) is 1.48. The minimum atomic E-state index is -0.528. The van der Waals surface area contributed by atoms with Crippen molar-refractivity contribution in [1.29, 1.82) is 0 Å². The number of hydrogen-bond acceptors (Lipinski definition) is 5. The molecule has 0 aromatic carbocycles. The van der Waals surface area contributed by atoms with Gasteiger partial charge in [-0.05, 0) is 6.07 Å². The van der Waals surface area contributed by atoms with Crippen LogP contribution in [0.15, 0.2) is 16.5 Å². The maximum absolute atomic E-state index is 10.4. The summed E-state index contributed by atoms with van der Waals surface area (Å²) in [7, 11) is 0. The summed E-state index contributed by atoms with van der Waals surface area (Å²) in [4.78, 5) is 9.84. The molecule has 76 valence electrons. The Morgan fingerprint density at radius 2 is 2.36 bits per heavy atom. The third-order valence-corrected chi connectivity index (χ3v) is 2.18. The summed E-state index contributed by atoms with van der Waals surface area (Å²) >= 11 is 0. The summed E-state index contributed by atoms with van der Waals surface area (Å²) in [5.74, 6) is 0.413. The summed E-state index contributed by atoms with van der Waals surface area (Å²) < 4.78 is 5.08. The van der Waals surface area contributed by atoms with Gasteiger partial charge in [-0.1, -0.05) is 0 Å². The number of hydrogen-bond donors (Lipinski definition) is 2. The third-order valence-electron chi connectivity index (χ3n) is 2.18. The van der Waals surface area contributed by atoms with Gasteiger partial charge < -0.3 is 15.1 Å². The molecular weight excluding hydrogens is 186 g/mol. The molecule has 0 unspecified atom stereocenters. The number of rotatable bonds is 2. The van der Waals surface area contributed by atoms with Crippen molar-refractivity contribution in [2.45, 2.75) is 6.04 Å². The average molecular weight is 197 g/mol. The third kappa shape index (κ3) is 1.75. The van der Waals surface area contributed by atoms with E-state index in [1.54, 1.807) is 6.07 Å². The zero-order valence-corrected chi connectivity index (χ0v) is 7.53. The molecule has 1 fully saturated rings. The molecule has 0 bridgehead atoms. The molecule has 2 rings (SSSR count). The van der Waals surface area contributed by atoms with Gasteiger partial charge in [0, 0.05) is 19.6 Å². The number of nitrogens with zero attached hydrogens (tertiary/aromatic N) is 1. The number of nitro groups is 1. The van der Waals surface area contributed by atoms with E-state index < -0.39 is 4.92 Å². The molecule has 1 aliphatic heterocycles. The molecular formula is C8H11N3O3. The van der Waals surface area contributed by atoms with E-state index in [0.29, 0.717) is 5.76 Å². The molecule has 1 aromatic heterocycles. The van der Waals surface area contributed by atoms with Gasteiger partial charge in [-0.25, -0.2) is 0 Å². The number of furan rings is 1. The summed E-state index contributed by atoms with van der Waals surface area (Å²) in [6.45, 7) is 2.50. The summed E-state index contributed by atoms with van der Waals surface area (Å²) in [5, 5.41) is 16.8. The smallest absolute Gasteiger partial charge is 0.404 e. The fraction of sp³-hybridized carbons (Fsp3) is 0.500. The first-order valence-electron chi connectivity index (χ1n) is 4.45. The summed E-state index contributed by atoms with van der Waals surface area (Å²) in [6, 6.07) is 3.06. The Labute approximate surface area is 80.4 Å². The van der Waals surface area contributed by atoms with Crippen molar-refractivity contribution < 1.29 is 9.34 Å². The van der Waals surface area contributed by atoms with Crippen molar-refractivity contribution in [3.63, 3.8) is 0 Å². The van der Waals surface area contributed by atoms with Crippen LogP contribution in [0.3, 0.4) is 0 Å². The van der Waals surface area contributed by atoms with Crippen LogP contribution in [0.4, 0.5) is 5.88 Å². The molecule has 2 heterocycles. The Hall–Kier alpha value is -1.40. The topological polar surface area (TPSA) is 80.3 Å². The second kappa shape index (κ2) is 3.77. The van der Waals surface area contributed by atoms with Crippen molar-refractivity contribution in [2.75, 3.05) is 19.6 Å². The minimum Gasteiger partial charge on any atom is -0.404 e. The van der Waals surface area contributed by atoms with E-state index in [1.807, 2.05) is 0 Å². The van der Waals surface area contributed by atoms with Crippen molar-refractivity contribution in [1.82, 2.24) is 10.6 Å². The Bertz CT molecular complexity index is 330. The molecule has 0 aliphatic carbocycles. The molecule has 1 aliphatic rings. The minimum absolute atomic E-state index is 0.0393. The van der Waals surface area contributed by atoms with Crippen LogP contribution < -0.4 is 10.6 Å². The van der Waals surface area contributed by atoms with Crippen LogP contribution in [0.1, 0.15) is 11.8 Å². The highest BCUT2D eigenvalue weighted by Gasteiger charge is 2.20. The van der Waals surface area contributed by atoms with Crippen LogP contribution in [0.5, 0.6) is 0 Å². The SMILES string of the molecule is O=[N+]([O-])c1ccc([C@@H]2CNCCN2)o1. The largest absolute Gasteiger partial charge is 0.433 e. The molecule has 2 N–H and O–H groups in total. The number of nitrogens with one attached hydrogen (secondary N) is 2. The van der Waals surface area contributed by atoms with Crippen LogP contribution in [0, 0.1) is 10.1 Å². The normalized spacial score (nSPS) is 22.1. The molecule has 14 heavy (non-hydrogen) atoms. The molecule has 1 atom stereocenters. The van der Waals surface area contributed by atoms with Gasteiger partial charge in [-0.3, -0.25) is 10.1 Å². The zero-order valence-electron chi connectivity index (χ0n) is 7.53. The maximum Gasteiger partial charge on any atom is 0.433 e. The molecule has 0 spiro atoms. The highest BCUT2D eigenvalue weighted by atomic mass is 16.6. The Morgan fingerprint density at radius 3 is 2.93 bits per heavy atom. The fourth-order valence-electron chi connectivity index (χ4n) is 1.48. The Balaban J connectivity index is 2.11. The van der Waals surface area contributed by atoms with E-state index in [9.17, 15) is 10.1 Å². The Morgan fingerprint density at radius 1 is 1.50 bits per heavy atom. The van der Waals surface area contributed by atoms with Crippen LogP contribution in [0.25, 0.3) is 0 Å². The lowest BCUT2D eigenvalue weighted by Crippen LogP contribution is -2.42. The highest BCUT2D eigenvalue weighted by Crippen LogP contribution is 2.21. The van der Waals surface area contributed by atoms with Gasteiger partial charge in [0.15, 0.2) is 0 Å². The van der Waals surface area contributed by atoms with Crippen LogP contribution in [-0.4, -0.2) is 24.6 Å². The quantitative estimate of drug-likeness (QED) is 0.530. The van der Waals surface area contributed by atoms with Crippen LogP contribution in [-0.2, 0) is 0 Å². The molecule has 1 saturated heterocycles. The van der Waals surface area contributed by atoms with Gasteiger partial charge >= 0.3 is 5.88 Å². The van der Waals surface area contributed by atoms with Crippen LogP contribution in [0.2, 0.25) is 0 Å². The molecule has 6 nitrogen and oxygen atoms in total. The lowest BCUT2D eigenvalue weighted by atomic mass is 10.2. The van der Waals surface area contributed by atoms with Gasteiger partial charge in [-0.15, -0.1) is 0 Å². The Kier molecular flexibility index (Phi) is 2.47. The van der Waals surface area contributed by atoms with Crippen molar-refractivity contribution in [3.05, 3.63) is 28.0 Å². The van der Waals surface area contributed by atoms with E-state index in [4.69, 9.17) is 4.42 Å². The van der Waals surface area contributed by atoms with Crippen molar-refractivity contribution >= 4 is 5.88 Å². The average Bonchev–Trinajstić information content (AvgIpc) is 2.68. The number of piperazine rings is 1. The van der Waals surface area contributed by atoms with Crippen molar-refractivity contribution in [3.8, 4) is 0 Å². The molecule has 0 radical (unpaired) electrons. The highest BCUT2D eigenvalue weighted by molar-refractivity contribution is 5.20. The predicted octanol–water partition coefficient (Wildman–Crippen LogP) is 0.422. The molecule has 0 saturated carbocycles. The second-order valence-electron chi connectivity index (χ2n) is 3.14. The second-order valence-corrected chi connectivity index (χ2v) is 3.14. The summed E-state index contributed by atoms with van der Waals surface area (Å²) in [6.07, 6.45) is 0. The maximum atomic E-state index is 10.4. The molecule has 1 aromatic rings. The van der Waals surface area contributed by atoms with E-state index >= 15 is 0 Å². The van der Waals surface area contributed by atoms with Crippen LogP contribution >= 0.6 is 0 Å². The van der Waals surface area contributed by atoms with Gasteiger partial charge in [0.05, 0.1) is 12.1 Å². The predicted molar refractivity (Wildman–Crippen MR) is 49.0 cm³/mol. The van der Waals surface area contributed by atoms with E-state index in [1.165, 1.54) is 6.07 Å². The van der Waals surface area contributed by atoms with E-state index in [0.717, 1.165) is 19.6 Å². The first-order chi connectivity index (χ1) is 6.77. The summed E-state index contributed by atoms with van der Waals surface area (Å²) in [5.41, 5.74) is 0. The lowest BCUT2D eigenvalue weighted by molar-refractivity contribution is -0.402. The van der Waals surface area contributed by atoms with Gasteiger partial charge in [0.1, 0.15) is 10.7 Å². The lowest BCUT2D eigenvalue weighted by Gasteiger charge is -2.22. The van der Waals surface area contributed by atoms with E-state index in [-0.39, 0.29) is 11.9 Å². The zero-order chi connectivity index (χ0) is 9.97.